The van der Waals surface area contributed by atoms with Crippen molar-refractivity contribution in [3.8, 4) is 0 Å². The van der Waals surface area contributed by atoms with Gasteiger partial charge in [0.15, 0.2) is 0 Å². The quantitative estimate of drug-likeness (QED) is 0.779. The highest BCUT2D eigenvalue weighted by Crippen LogP contribution is 2.36. The van der Waals surface area contributed by atoms with E-state index >= 15 is 0 Å². The molecular weight excluding hydrogens is 278 g/mol. The number of nitrogens with zero attached hydrogens (tertiary/aromatic N) is 2. The van der Waals surface area contributed by atoms with Gasteiger partial charge in [-0.25, -0.2) is 4.79 Å². The number of carboxylic acid groups (broad SMARTS) is 1. The van der Waals surface area contributed by atoms with E-state index < -0.39 is 6.09 Å². The van der Waals surface area contributed by atoms with Gasteiger partial charge in [-0.05, 0) is 19.3 Å². The van der Waals surface area contributed by atoms with Crippen LogP contribution in [0, 0.1) is 4.64 Å². The van der Waals surface area contributed by atoms with Crippen LogP contribution < -0.4 is 0 Å². The van der Waals surface area contributed by atoms with Gasteiger partial charge in [0.25, 0.3) is 0 Å². The Morgan fingerprint density at radius 3 is 2.85 bits per heavy atom. The summed E-state index contributed by atoms with van der Waals surface area (Å²) in [6, 6.07) is -0.0869. The fourth-order valence-electron chi connectivity index (χ4n) is 3.27. The molecule has 0 spiro atoms. The van der Waals surface area contributed by atoms with E-state index in [9.17, 15) is 14.7 Å². The predicted octanol–water partition coefficient (Wildman–Crippen LogP) is 2.26. The van der Waals surface area contributed by atoms with Crippen LogP contribution in [0.25, 0.3) is 0 Å². The van der Waals surface area contributed by atoms with Crippen LogP contribution in [0.5, 0.6) is 0 Å². The molecule has 2 atom stereocenters. The maximum atomic E-state index is 11.5. The van der Waals surface area contributed by atoms with Crippen LogP contribution in [0.3, 0.4) is 0 Å². The third-order valence-corrected chi connectivity index (χ3v) is 4.63. The van der Waals surface area contributed by atoms with Crippen LogP contribution in [0.1, 0.15) is 43.4 Å². The van der Waals surface area contributed by atoms with Gasteiger partial charge < -0.3 is 5.11 Å². The van der Waals surface area contributed by atoms with Gasteiger partial charge in [0.05, 0.1) is 24.8 Å². The Morgan fingerprint density at radius 1 is 1.50 bits per heavy atom. The molecule has 1 aliphatic heterocycles. The topological polar surface area (TPSA) is 78.3 Å². The van der Waals surface area contributed by atoms with Gasteiger partial charge in [-0.15, -0.1) is 0 Å². The number of fused-ring (bicyclic) bond motifs is 1. The summed E-state index contributed by atoms with van der Waals surface area (Å²) in [5.41, 5.74) is 1.90. The first-order valence-electron chi connectivity index (χ1n) is 6.80. The largest absolute Gasteiger partial charge is 0.465 e. The van der Waals surface area contributed by atoms with Crippen molar-refractivity contribution >= 4 is 24.1 Å². The minimum atomic E-state index is -0.913. The first-order chi connectivity index (χ1) is 9.47. The number of carbonyl (C=O) groups is 2. The van der Waals surface area contributed by atoms with Crippen LogP contribution in [0.15, 0.2) is 0 Å². The van der Waals surface area contributed by atoms with Crippen molar-refractivity contribution in [2.45, 2.75) is 51.2 Å². The summed E-state index contributed by atoms with van der Waals surface area (Å²) < 4.78 is 2.60. The van der Waals surface area contributed by atoms with Crippen LogP contribution in [0.2, 0.25) is 0 Å². The van der Waals surface area contributed by atoms with E-state index in [1.807, 2.05) is 11.6 Å². The van der Waals surface area contributed by atoms with Crippen molar-refractivity contribution < 1.29 is 14.7 Å². The fourth-order valence-corrected chi connectivity index (χ4v) is 3.67. The molecule has 1 aromatic heterocycles. The van der Waals surface area contributed by atoms with Crippen molar-refractivity contribution in [1.82, 2.24) is 14.7 Å². The van der Waals surface area contributed by atoms with Gasteiger partial charge in [0.2, 0.25) is 0 Å². The molecular formula is C13H17N3O3S. The zero-order chi connectivity index (χ0) is 14.4. The zero-order valence-corrected chi connectivity index (χ0v) is 12.1. The van der Waals surface area contributed by atoms with E-state index in [1.165, 1.54) is 4.90 Å². The summed E-state index contributed by atoms with van der Waals surface area (Å²) in [4.78, 5) is 24.2. The Kier molecular flexibility index (Phi) is 3.16. The lowest BCUT2D eigenvalue weighted by atomic mass is 9.97. The number of ketones is 1. The van der Waals surface area contributed by atoms with E-state index in [0.717, 1.165) is 17.7 Å². The lowest BCUT2D eigenvalue weighted by Crippen LogP contribution is -2.44. The molecule has 1 amide bonds. The van der Waals surface area contributed by atoms with E-state index in [0.29, 0.717) is 30.6 Å². The molecule has 0 radical (unpaired) electrons. The number of Topliss-reactive ketones (excluding diaryl/α,β-unsaturated/α-hetero) is 1. The Labute approximate surface area is 121 Å². The van der Waals surface area contributed by atoms with Gasteiger partial charge in [0.1, 0.15) is 10.4 Å². The summed E-state index contributed by atoms with van der Waals surface area (Å²) in [6.07, 6.45) is 1.03. The SMILES string of the molecule is C[C@H]1Cn2[nH]c(=S)c(C3CCC(=O)C3)c2CN1C(=O)O. The lowest BCUT2D eigenvalue weighted by Gasteiger charge is -2.33. The molecule has 0 bridgehead atoms. The van der Waals surface area contributed by atoms with Gasteiger partial charge in [-0.2, -0.15) is 0 Å². The molecule has 1 unspecified atom stereocenters. The average Bonchev–Trinajstić information content (AvgIpc) is 2.90. The number of H-pyrrole nitrogens is 1. The van der Waals surface area contributed by atoms with Crippen molar-refractivity contribution in [2.75, 3.05) is 0 Å². The van der Waals surface area contributed by atoms with Crippen molar-refractivity contribution in [3.63, 3.8) is 0 Å². The maximum Gasteiger partial charge on any atom is 0.407 e. The third-order valence-electron chi connectivity index (χ3n) is 4.32. The molecule has 2 N–H and O–H groups in total. The van der Waals surface area contributed by atoms with Crippen molar-refractivity contribution in [2.24, 2.45) is 0 Å². The number of amides is 1. The summed E-state index contributed by atoms with van der Waals surface area (Å²) in [7, 11) is 0. The van der Waals surface area contributed by atoms with Gasteiger partial charge in [-0.1, -0.05) is 12.2 Å². The Balaban J connectivity index is 2.00. The molecule has 2 heterocycles. The number of carbonyl (C=O) groups excluding carboxylic acids is 1. The van der Waals surface area contributed by atoms with E-state index in [-0.39, 0.29) is 17.7 Å². The number of hydrogen-bond acceptors (Lipinski definition) is 3. The molecule has 6 nitrogen and oxygen atoms in total. The summed E-state index contributed by atoms with van der Waals surface area (Å²) in [6.45, 7) is 2.79. The fraction of sp³-hybridized carbons (Fsp3) is 0.615. The smallest absolute Gasteiger partial charge is 0.407 e. The second-order valence-electron chi connectivity index (χ2n) is 5.65. The van der Waals surface area contributed by atoms with Gasteiger partial charge in [0, 0.05) is 18.4 Å². The first kappa shape index (κ1) is 13.4. The minimum Gasteiger partial charge on any atom is -0.465 e. The monoisotopic (exact) mass is 295 g/mol. The summed E-state index contributed by atoms with van der Waals surface area (Å²) >= 11 is 5.39. The average molecular weight is 295 g/mol. The standard InChI is InChI=1S/C13H17N3O3S/c1-7-5-16-10(6-15(7)13(18)19)11(12(20)14-16)8-2-3-9(17)4-8/h7-8H,2-6H2,1H3,(H,14,20)(H,18,19)/t7-,8?/m0/s1. The highest BCUT2D eigenvalue weighted by Gasteiger charge is 2.34. The van der Waals surface area contributed by atoms with E-state index in [4.69, 9.17) is 12.2 Å². The Morgan fingerprint density at radius 2 is 2.25 bits per heavy atom. The van der Waals surface area contributed by atoms with Crippen LogP contribution in [-0.2, 0) is 17.9 Å². The number of aromatic nitrogens is 2. The maximum absolute atomic E-state index is 11.5. The molecule has 1 aromatic rings. The molecule has 2 aliphatic rings. The molecule has 108 valence electrons. The number of rotatable bonds is 1. The second kappa shape index (κ2) is 4.73. The van der Waals surface area contributed by atoms with Crippen molar-refractivity contribution in [1.29, 1.82) is 0 Å². The molecule has 0 aromatic carbocycles. The van der Waals surface area contributed by atoms with E-state index in [2.05, 4.69) is 5.10 Å². The van der Waals surface area contributed by atoms with E-state index in [1.54, 1.807) is 0 Å². The Hall–Kier alpha value is -1.63. The molecule has 3 rings (SSSR count). The van der Waals surface area contributed by atoms with Gasteiger partial charge in [-0.3, -0.25) is 19.5 Å². The first-order valence-corrected chi connectivity index (χ1v) is 7.21. The summed E-state index contributed by atoms with van der Waals surface area (Å²) in [5.74, 6) is 0.412. The molecule has 1 fully saturated rings. The molecule has 7 heteroatoms. The predicted molar refractivity (Wildman–Crippen MR) is 74.2 cm³/mol. The van der Waals surface area contributed by atoms with Crippen LogP contribution >= 0.6 is 12.2 Å². The zero-order valence-electron chi connectivity index (χ0n) is 11.3. The molecule has 1 saturated carbocycles. The van der Waals surface area contributed by atoms with Gasteiger partial charge >= 0.3 is 6.09 Å². The lowest BCUT2D eigenvalue weighted by molar-refractivity contribution is -0.117. The summed E-state index contributed by atoms with van der Waals surface area (Å²) in [5, 5.41) is 12.4. The normalized spacial score (nSPS) is 25.9. The van der Waals surface area contributed by atoms with Crippen LogP contribution in [0.4, 0.5) is 4.79 Å². The van der Waals surface area contributed by atoms with Crippen molar-refractivity contribution in [3.05, 3.63) is 15.9 Å². The Bertz CT molecular complexity index is 633. The highest BCUT2D eigenvalue weighted by atomic mass is 32.1. The number of hydrogen-bond donors (Lipinski definition) is 2. The second-order valence-corrected chi connectivity index (χ2v) is 6.06. The number of aromatic amines is 1. The molecule has 0 saturated heterocycles. The van der Waals surface area contributed by atoms with Crippen LogP contribution in [-0.4, -0.2) is 37.7 Å². The molecule has 1 aliphatic carbocycles. The molecule has 20 heavy (non-hydrogen) atoms. The third kappa shape index (κ3) is 2.06. The highest BCUT2D eigenvalue weighted by molar-refractivity contribution is 7.71. The minimum absolute atomic E-state index is 0.0869. The number of nitrogens with one attached hydrogen (secondary N) is 1.